The second-order valence-corrected chi connectivity index (χ2v) is 4.50. The lowest BCUT2D eigenvalue weighted by molar-refractivity contribution is -0.215. The summed E-state index contributed by atoms with van der Waals surface area (Å²) in [4.78, 5) is 3.94. The number of hydrogen-bond donors (Lipinski definition) is 2. The molecule has 3 nitrogen and oxygen atoms in total. The van der Waals surface area contributed by atoms with Crippen molar-refractivity contribution in [3.8, 4) is 0 Å². The van der Waals surface area contributed by atoms with Crippen molar-refractivity contribution >= 4 is 5.69 Å². The molecule has 0 aliphatic carbocycles. The molecule has 2 N–H and O–H groups in total. The predicted octanol–water partition coefficient (Wildman–Crippen LogP) is 3.71. The molecule has 2 rings (SSSR count). The van der Waals surface area contributed by atoms with E-state index >= 15 is 0 Å². The first-order chi connectivity index (χ1) is 8.69. The standard InChI is InChI=1S/C15H17NO2/c1-11-3-6-13(7-4-11)9-14-10-15(16-18-17)8-5-12(14)2/h3-8,10,16-17H,9H2,1-2H3. The van der Waals surface area contributed by atoms with Crippen LogP contribution in [-0.4, -0.2) is 5.26 Å². The molecule has 0 saturated heterocycles. The van der Waals surface area contributed by atoms with E-state index in [-0.39, 0.29) is 0 Å². The normalized spacial score (nSPS) is 10.4. The minimum absolute atomic E-state index is 0.741. The summed E-state index contributed by atoms with van der Waals surface area (Å²) in [5, 5.41) is 8.39. The lowest BCUT2D eigenvalue weighted by Crippen LogP contribution is -1.99. The van der Waals surface area contributed by atoms with Crippen LogP contribution in [0.2, 0.25) is 0 Å². The van der Waals surface area contributed by atoms with Crippen LogP contribution in [0.5, 0.6) is 0 Å². The van der Waals surface area contributed by atoms with Crippen LogP contribution in [0.3, 0.4) is 0 Å². The van der Waals surface area contributed by atoms with Gasteiger partial charge < -0.3 is 0 Å². The Labute approximate surface area is 107 Å². The van der Waals surface area contributed by atoms with E-state index in [2.05, 4.69) is 48.6 Å². The Hall–Kier alpha value is -1.84. The Morgan fingerprint density at radius 1 is 1.06 bits per heavy atom. The molecule has 0 bridgehead atoms. The van der Waals surface area contributed by atoms with Gasteiger partial charge in [0.2, 0.25) is 0 Å². The van der Waals surface area contributed by atoms with E-state index in [1.54, 1.807) is 0 Å². The van der Waals surface area contributed by atoms with E-state index in [0.717, 1.165) is 12.1 Å². The molecule has 0 spiro atoms. The molecule has 0 atom stereocenters. The van der Waals surface area contributed by atoms with Crippen molar-refractivity contribution in [1.82, 2.24) is 0 Å². The molecule has 0 fully saturated rings. The van der Waals surface area contributed by atoms with Crippen LogP contribution >= 0.6 is 0 Å². The number of rotatable bonds is 4. The summed E-state index contributed by atoms with van der Waals surface area (Å²) in [5.41, 5.74) is 8.13. The van der Waals surface area contributed by atoms with Crippen LogP contribution in [-0.2, 0) is 11.4 Å². The summed E-state index contributed by atoms with van der Waals surface area (Å²) in [6.07, 6.45) is 0.868. The largest absolute Gasteiger partial charge is 0.236 e. The van der Waals surface area contributed by atoms with E-state index < -0.39 is 0 Å². The molecule has 0 aliphatic rings. The van der Waals surface area contributed by atoms with Gasteiger partial charge in [0, 0.05) is 0 Å². The van der Waals surface area contributed by atoms with Crippen molar-refractivity contribution < 1.29 is 10.2 Å². The molecule has 0 unspecified atom stereocenters. The third kappa shape index (κ3) is 3.09. The van der Waals surface area contributed by atoms with Gasteiger partial charge in [-0.25, -0.2) is 10.7 Å². The molecule has 0 saturated carbocycles. The van der Waals surface area contributed by atoms with Gasteiger partial charge in [0.15, 0.2) is 0 Å². The van der Waals surface area contributed by atoms with Crippen LogP contribution < -0.4 is 5.48 Å². The van der Waals surface area contributed by atoms with E-state index in [0.29, 0.717) is 0 Å². The van der Waals surface area contributed by atoms with Crippen molar-refractivity contribution in [2.75, 3.05) is 5.48 Å². The number of aryl methyl sites for hydroxylation is 2. The minimum Gasteiger partial charge on any atom is -0.236 e. The first-order valence-electron chi connectivity index (χ1n) is 5.90. The zero-order valence-electron chi connectivity index (χ0n) is 10.6. The molecule has 0 aromatic heterocycles. The first kappa shape index (κ1) is 12.6. The minimum atomic E-state index is 0.741. The molecular weight excluding hydrogens is 226 g/mol. The van der Waals surface area contributed by atoms with Gasteiger partial charge in [0.25, 0.3) is 0 Å². The lowest BCUT2D eigenvalue weighted by atomic mass is 9.99. The summed E-state index contributed by atoms with van der Waals surface area (Å²) in [5.74, 6) is 0. The second-order valence-electron chi connectivity index (χ2n) is 4.50. The van der Waals surface area contributed by atoms with Gasteiger partial charge in [-0.15, -0.1) is 4.99 Å². The Bertz CT molecular complexity index is 521. The Kier molecular flexibility index (Phi) is 3.97. The first-order valence-corrected chi connectivity index (χ1v) is 5.90. The van der Waals surface area contributed by atoms with Gasteiger partial charge in [-0.1, -0.05) is 35.9 Å². The Morgan fingerprint density at radius 3 is 2.44 bits per heavy atom. The summed E-state index contributed by atoms with van der Waals surface area (Å²) in [6, 6.07) is 14.3. The Morgan fingerprint density at radius 2 is 1.78 bits per heavy atom. The number of anilines is 1. The van der Waals surface area contributed by atoms with Crippen molar-refractivity contribution in [1.29, 1.82) is 0 Å². The molecule has 18 heavy (non-hydrogen) atoms. The lowest BCUT2D eigenvalue weighted by Gasteiger charge is -2.09. The van der Waals surface area contributed by atoms with Crippen LogP contribution in [0, 0.1) is 13.8 Å². The molecule has 94 valence electrons. The number of hydrogen-bond acceptors (Lipinski definition) is 3. The van der Waals surface area contributed by atoms with Crippen molar-refractivity contribution in [3.05, 3.63) is 64.7 Å². The third-order valence-electron chi connectivity index (χ3n) is 3.03. The molecule has 2 aromatic rings. The van der Waals surface area contributed by atoms with E-state index in [1.165, 1.54) is 22.3 Å². The maximum Gasteiger partial charge on any atom is 0.0637 e. The molecular formula is C15H17NO2. The maximum atomic E-state index is 8.39. The highest BCUT2D eigenvalue weighted by atomic mass is 17.2. The molecule has 0 radical (unpaired) electrons. The molecule has 2 aromatic carbocycles. The average molecular weight is 243 g/mol. The summed E-state index contributed by atoms with van der Waals surface area (Å²) >= 11 is 0. The topological polar surface area (TPSA) is 41.5 Å². The number of benzene rings is 2. The third-order valence-corrected chi connectivity index (χ3v) is 3.03. The van der Waals surface area contributed by atoms with E-state index in [1.807, 2.05) is 18.2 Å². The van der Waals surface area contributed by atoms with E-state index in [9.17, 15) is 0 Å². The maximum absolute atomic E-state index is 8.39. The molecule has 0 amide bonds. The highest BCUT2D eigenvalue weighted by Crippen LogP contribution is 2.19. The van der Waals surface area contributed by atoms with Crippen LogP contribution in [0.1, 0.15) is 22.3 Å². The second kappa shape index (κ2) is 5.67. The molecule has 0 aliphatic heterocycles. The van der Waals surface area contributed by atoms with E-state index in [4.69, 9.17) is 5.26 Å². The summed E-state index contributed by atoms with van der Waals surface area (Å²) in [7, 11) is 0. The quantitative estimate of drug-likeness (QED) is 0.635. The van der Waals surface area contributed by atoms with Gasteiger partial charge in [-0.05, 0) is 49.1 Å². The fourth-order valence-electron chi connectivity index (χ4n) is 1.90. The highest BCUT2D eigenvalue weighted by Gasteiger charge is 2.02. The van der Waals surface area contributed by atoms with Crippen LogP contribution in [0.4, 0.5) is 5.69 Å². The fourth-order valence-corrected chi connectivity index (χ4v) is 1.90. The van der Waals surface area contributed by atoms with Crippen molar-refractivity contribution in [2.24, 2.45) is 0 Å². The Balaban J connectivity index is 2.22. The molecule has 0 heterocycles. The van der Waals surface area contributed by atoms with Crippen molar-refractivity contribution in [3.63, 3.8) is 0 Å². The monoisotopic (exact) mass is 243 g/mol. The van der Waals surface area contributed by atoms with Gasteiger partial charge in [0.05, 0.1) is 5.69 Å². The SMILES string of the molecule is Cc1ccc(Cc2cc(NOO)ccc2C)cc1. The fraction of sp³-hybridized carbons (Fsp3) is 0.200. The summed E-state index contributed by atoms with van der Waals surface area (Å²) < 4.78 is 0. The number of nitrogens with one attached hydrogen (secondary N) is 1. The zero-order chi connectivity index (χ0) is 13.0. The predicted molar refractivity (Wildman–Crippen MR) is 72.5 cm³/mol. The van der Waals surface area contributed by atoms with Gasteiger partial charge in [-0.2, -0.15) is 0 Å². The van der Waals surface area contributed by atoms with Gasteiger partial charge in [-0.3, -0.25) is 0 Å². The highest BCUT2D eigenvalue weighted by molar-refractivity contribution is 5.48. The molecule has 3 heteroatoms. The van der Waals surface area contributed by atoms with Crippen LogP contribution in [0.25, 0.3) is 0 Å². The van der Waals surface area contributed by atoms with Gasteiger partial charge >= 0.3 is 0 Å². The van der Waals surface area contributed by atoms with Crippen molar-refractivity contribution in [2.45, 2.75) is 20.3 Å². The zero-order valence-corrected chi connectivity index (χ0v) is 10.6. The smallest absolute Gasteiger partial charge is 0.0637 e. The summed E-state index contributed by atoms with van der Waals surface area (Å²) in [6.45, 7) is 4.16. The average Bonchev–Trinajstić information content (AvgIpc) is 2.36. The van der Waals surface area contributed by atoms with Crippen LogP contribution in [0.15, 0.2) is 42.5 Å². The van der Waals surface area contributed by atoms with Gasteiger partial charge in [0.1, 0.15) is 0 Å².